The van der Waals surface area contributed by atoms with Crippen LogP contribution in [-0.2, 0) is 13.0 Å². The van der Waals surface area contributed by atoms with Gasteiger partial charge in [0.2, 0.25) is 0 Å². The maximum Gasteiger partial charge on any atom is 0.175 e. The topological polar surface area (TPSA) is 30.5 Å². The van der Waals surface area contributed by atoms with Gasteiger partial charge in [0.25, 0.3) is 0 Å². The minimum Gasteiger partial charge on any atom is -0.493 e. The van der Waals surface area contributed by atoms with E-state index < -0.39 is 0 Å². The van der Waals surface area contributed by atoms with E-state index in [-0.39, 0.29) is 5.82 Å². The molecule has 2 aromatic carbocycles. The van der Waals surface area contributed by atoms with Crippen molar-refractivity contribution in [2.75, 3.05) is 20.3 Å². The molecule has 0 saturated carbocycles. The van der Waals surface area contributed by atoms with E-state index in [0.29, 0.717) is 24.7 Å². The lowest BCUT2D eigenvalue weighted by atomic mass is 10.1. The fourth-order valence-corrected chi connectivity index (χ4v) is 2.88. The standard InChI is InChI=1S/C19H21BrFNO2/c1-3-10-24-19-17(20)11-15(12-18(19)23-2)13-22-9-8-14-4-6-16(21)7-5-14/h3-7,11-12,22H,1,8-10,13H2,2H3. The van der Waals surface area contributed by atoms with Crippen molar-refractivity contribution >= 4 is 15.9 Å². The van der Waals surface area contributed by atoms with Crippen LogP contribution in [0, 0.1) is 5.82 Å². The maximum atomic E-state index is 12.9. The Kier molecular flexibility index (Phi) is 7.28. The molecule has 2 aromatic rings. The van der Waals surface area contributed by atoms with Crippen LogP contribution in [-0.4, -0.2) is 20.3 Å². The summed E-state index contributed by atoms with van der Waals surface area (Å²) in [5.41, 5.74) is 2.19. The van der Waals surface area contributed by atoms with E-state index in [4.69, 9.17) is 9.47 Å². The van der Waals surface area contributed by atoms with Crippen molar-refractivity contribution in [2.45, 2.75) is 13.0 Å². The first-order chi connectivity index (χ1) is 11.6. The fraction of sp³-hybridized carbons (Fsp3) is 0.263. The van der Waals surface area contributed by atoms with Gasteiger partial charge in [-0.2, -0.15) is 0 Å². The van der Waals surface area contributed by atoms with E-state index >= 15 is 0 Å². The van der Waals surface area contributed by atoms with Crippen LogP contribution in [0.5, 0.6) is 11.5 Å². The summed E-state index contributed by atoms with van der Waals surface area (Å²) in [6.45, 7) is 5.58. The summed E-state index contributed by atoms with van der Waals surface area (Å²) in [6, 6.07) is 10.5. The van der Waals surface area contributed by atoms with Crippen molar-refractivity contribution in [3.8, 4) is 11.5 Å². The number of nitrogens with one attached hydrogen (secondary N) is 1. The highest BCUT2D eigenvalue weighted by Crippen LogP contribution is 2.36. The third kappa shape index (κ3) is 5.35. The molecule has 1 N–H and O–H groups in total. The van der Waals surface area contributed by atoms with Gasteiger partial charge in [0.1, 0.15) is 12.4 Å². The van der Waals surface area contributed by atoms with Crippen LogP contribution in [0.15, 0.2) is 53.5 Å². The molecule has 0 aliphatic heterocycles. The van der Waals surface area contributed by atoms with Gasteiger partial charge in [-0.1, -0.05) is 24.8 Å². The molecule has 5 heteroatoms. The van der Waals surface area contributed by atoms with Crippen LogP contribution >= 0.6 is 15.9 Å². The van der Waals surface area contributed by atoms with E-state index in [9.17, 15) is 4.39 Å². The van der Waals surface area contributed by atoms with Gasteiger partial charge in [0.15, 0.2) is 11.5 Å². The molecule has 3 nitrogen and oxygen atoms in total. The second kappa shape index (κ2) is 9.45. The molecule has 0 amide bonds. The average Bonchev–Trinajstić information content (AvgIpc) is 2.59. The zero-order chi connectivity index (χ0) is 17.4. The normalized spacial score (nSPS) is 10.5. The Hall–Kier alpha value is -1.85. The van der Waals surface area contributed by atoms with E-state index in [1.807, 2.05) is 24.3 Å². The Morgan fingerprint density at radius 1 is 1.21 bits per heavy atom. The second-order valence-electron chi connectivity index (χ2n) is 5.26. The van der Waals surface area contributed by atoms with Gasteiger partial charge in [-0.25, -0.2) is 4.39 Å². The largest absolute Gasteiger partial charge is 0.493 e. The Balaban J connectivity index is 1.91. The molecule has 0 unspecified atom stereocenters. The molecule has 0 radical (unpaired) electrons. The first-order valence-electron chi connectivity index (χ1n) is 7.69. The van der Waals surface area contributed by atoms with E-state index in [2.05, 4.69) is 27.8 Å². The molecular formula is C19H21BrFNO2. The van der Waals surface area contributed by atoms with Crippen molar-refractivity contribution in [1.29, 1.82) is 0 Å². The zero-order valence-electron chi connectivity index (χ0n) is 13.6. The second-order valence-corrected chi connectivity index (χ2v) is 6.12. The predicted molar refractivity (Wildman–Crippen MR) is 98.2 cm³/mol. The zero-order valence-corrected chi connectivity index (χ0v) is 15.2. The van der Waals surface area contributed by atoms with Gasteiger partial charge in [-0.3, -0.25) is 0 Å². The Labute approximate surface area is 150 Å². The number of hydrogen-bond donors (Lipinski definition) is 1. The molecule has 0 bridgehead atoms. The highest BCUT2D eigenvalue weighted by atomic mass is 79.9. The molecule has 128 valence electrons. The van der Waals surface area contributed by atoms with Crippen molar-refractivity contribution in [1.82, 2.24) is 5.32 Å². The van der Waals surface area contributed by atoms with Crippen molar-refractivity contribution in [3.63, 3.8) is 0 Å². The summed E-state index contributed by atoms with van der Waals surface area (Å²) in [4.78, 5) is 0. The lowest BCUT2D eigenvalue weighted by Gasteiger charge is -2.14. The third-order valence-electron chi connectivity index (χ3n) is 3.47. The molecule has 2 rings (SSSR count). The number of methoxy groups -OCH3 is 1. The molecule has 0 spiro atoms. The smallest absolute Gasteiger partial charge is 0.175 e. The van der Waals surface area contributed by atoms with Crippen LogP contribution in [0.3, 0.4) is 0 Å². The van der Waals surface area contributed by atoms with E-state index in [1.54, 1.807) is 13.2 Å². The summed E-state index contributed by atoms with van der Waals surface area (Å²) in [5, 5.41) is 3.38. The predicted octanol–water partition coefficient (Wildman–Crippen LogP) is 4.49. The highest BCUT2D eigenvalue weighted by Gasteiger charge is 2.11. The van der Waals surface area contributed by atoms with E-state index in [1.165, 1.54) is 12.1 Å². The maximum absolute atomic E-state index is 12.9. The SMILES string of the molecule is C=CCOc1c(Br)cc(CNCCc2ccc(F)cc2)cc1OC. The highest BCUT2D eigenvalue weighted by molar-refractivity contribution is 9.10. The molecule has 0 fully saturated rings. The Morgan fingerprint density at radius 3 is 2.62 bits per heavy atom. The Bertz CT molecular complexity index is 674. The van der Waals surface area contributed by atoms with Crippen molar-refractivity contribution in [2.24, 2.45) is 0 Å². The number of halogens is 2. The molecule has 0 aromatic heterocycles. The van der Waals surface area contributed by atoms with Crippen LogP contribution in [0.1, 0.15) is 11.1 Å². The quantitative estimate of drug-likeness (QED) is 0.502. The third-order valence-corrected chi connectivity index (χ3v) is 4.06. The van der Waals surface area contributed by atoms with Crippen LogP contribution in [0.2, 0.25) is 0 Å². The number of hydrogen-bond acceptors (Lipinski definition) is 3. The minimum atomic E-state index is -0.206. The van der Waals surface area contributed by atoms with Crippen LogP contribution < -0.4 is 14.8 Å². The van der Waals surface area contributed by atoms with Crippen molar-refractivity contribution in [3.05, 3.63) is 70.5 Å². The minimum absolute atomic E-state index is 0.206. The average molecular weight is 394 g/mol. The molecular weight excluding hydrogens is 373 g/mol. The van der Waals surface area contributed by atoms with Gasteiger partial charge >= 0.3 is 0 Å². The number of rotatable bonds is 9. The van der Waals surface area contributed by atoms with Gasteiger partial charge in [0, 0.05) is 6.54 Å². The molecule has 24 heavy (non-hydrogen) atoms. The molecule has 0 saturated heterocycles. The van der Waals surface area contributed by atoms with Crippen molar-refractivity contribution < 1.29 is 13.9 Å². The summed E-state index contributed by atoms with van der Waals surface area (Å²) in [6.07, 6.45) is 2.54. The molecule has 0 aliphatic rings. The fourth-order valence-electron chi connectivity index (χ4n) is 2.27. The summed E-state index contributed by atoms with van der Waals surface area (Å²) >= 11 is 3.52. The summed E-state index contributed by atoms with van der Waals surface area (Å²) in [7, 11) is 1.62. The van der Waals surface area contributed by atoms with Crippen LogP contribution in [0.25, 0.3) is 0 Å². The van der Waals surface area contributed by atoms with Gasteiger partial charge in [0.05, 0.1) is 11.6 Å². The lowest BCUT2D eigenvalue weighted by Crippen LogP contribution is -2.16. The van der Waals surface area contributed by atoms with Gasteiger partial charge in [-0.05, 0) is 64.3 Å². The molecule has 0 heterocycles. The van der Waals surface area contributed by atoms with Gasteiger partial charge < -0.3 is 14.8 Å². The lowest BCUT2D eigenvalue weighted by molar-refractivity contribution is 0.324. The number of ether oxygens (including phenoxy) is 2. The van der Waals surface area contributed by atoms with Gasteiger partial charge in [-0.15, -0.1) is 0 Å². The number of benzene rings is 2. The molecule has 0 aliphatic carbocycles. The first kappa shape index (κ1) is 18.5. The molecule has 0 atom stereocenters. The summed E-state index contributed by atoms with van der Waals surface area (Å²) in [5.74, 6) is 1.15. The van der Waals surface area contributed by atoms with Crippen LogP contribution in [0.4, 0.5) is 4.39 Å². The summed E-state index contributed by atoms with van der Waals surface area (Å²) < 4.78 is 24.7. The van der Waals surface area contributed by atoms with E-state index in [0.717, 1.165) is 28.6 Å². The monoisotopic (exact) mass is 393 g/mol. The Morgan fingerprint density at radius 2 is 1.96 bits per heavy atom. The first-order valence-corrected chi connectivity index (χ1v) is 8.48.